The lowest BCUT2D eigenvalue weighted by Gasteiger charge is -2.29. The molecule has 114 valence electrons. The Hall–Kier alpha value is -1.29. The summed E-state index contributed by atoms with van der Waals surface area (Å²) in [7, 11) is 1.77. The number of pyridine rings is 1. The lowest BCUT2D eigenvalue weighted by Crippen LogP contribution is -2.39. The largest absolute Gasteiger partial charge is 0.372 e. The van der Waals surface area contributed by atoms with Crippen LogP contribution < -0.4 is 5.32 Å². The van der Waals surface area contributed by atoms with E-state index in [0.29, 0.717) is 28.4 Å². The van der Waals surface area contributed by atoms with Gasteiger partial charge in [0.05, 0.1) is 10.6 Å². The summed E-state index contributed by atoms with van der Waals surface area (Å²) in [5.74, 6) is 1.39. The molecule has 1 atom stereocenters. The number of nitrogens with one attached hydrogen (secondary N) is 1. The van der Waals surface area contributed by atoms with E-state index in [0.717, 1.165) is 19.4 Å². The molecule has 1 aliphatic heterocycles. The Balaban J connectivity index is 1.78. The van der Waals surface area contributed by atoms with Crippen molar-refractivity contribution in [1.29, 1.82) is 0 Å². The Morgan fingerprint density at radius 1 is 1.33 bits per heavy atom. The average Bonchev–Trinajstić information content (AvgIpc) is 3.16. The van der Waals surface area contributed by atoms with Gasteiger partial charge in [-0.1, -0.05) is 24.4 Å². The van der Waals surface area contributed by atoms with Crippen LogP contribution in [0.4, 0.5) is 5.82 Å². The molecule has 1 saturated carbocycles. The molecule has 1 aliphatic carbocycles. The Morgan fingerprint density at radius 2 is 2.10 bits per heavy atom. The van der Waals surface area contributed by atoms with E-state index in [1.165, 1.54) is 25.7 Å². The second-order valence-electron chi connectivity index (χ2n) is 6.06. The molecule has 0 spiro atoms. The maximum atomic E-state index is 12.8. The number of amides is 1. The van der Waals surface area contributed by atoms with Crippen molar-refractivity contribution in [3.8, 4) is 0 Å². The number of halogens is 1. The lowest BCUT2D eigenvalue weighted by atomic mass is 9.95. The van der Waals surface area contributed by atoms with Crippen LogP contribution in [0.3, 0.4) is 0 Å². The molecule has 1 aromatic rings. The van der Waals surface area contributed by atoms with Gasteiger partial charge in [0, 0.05) is 25.8 Å². The molecule has 21 heavy (non-hydrogen) atoms. The van der Waals surface area contributed by atoms with Crippen molar-refractivity contribution in [2.24, 2.45) is 5.92 Å². The molecule has 1 aromatic heterocycles. The van der Waals surface area contributed by atoms with Crippen LogP contribution in [-0.4, -0.2) is 35.4 Å². The number of likely N-dealkylation sites (tertiary alicyclic amines) is 1. The monoisotopic (exact) mass is 307 g/mol. The molecule has 3 rings (SSSR count). The number of rotatable bonds is 3. The highest BCUT2D eigenvalue weighted by Crippen LogP contribution is 2.36. The van der Waals surface area contributed by atoms with Crippen LogP contribution in [0.15, 0.2) is 12.3 Å². The predicted molar refractivity (Wildman–Crippen MR) is 84.8 cm³/mol. The summed E-state index contributed by atoms with van der Waals surface area (Å²) in [5.41, 5.74) is 0.601. The van der Waals surface area contributed by atoms with Crippen molar-refractivity contribution in [1.82, 2.24) is 9.88 Å². The van der Waals surface area contributed by atoms with Crippen molar-refractivity contribution < 1.29 is 4.79 Å². The SMILES string of the molecule is CNc1ncc(C(=O)N2CCCC2C2CCCC2)cc1Cl. The first-order valence-electron chi connectivity index (χ1n) is 7.85. The summed E-state index contributed by atoms with van der Waals surface area (Å²) in [6, 6.07) is 2.15. The lowest BCUT2D eigenvalue weighted by molar-refractivity contribution is 0.0688. The quantitative estimate of drug-likeness (QED) is 0.928. The molecule has 5 heteroatoms. The van der Waals surface area contributed by atoms with Gasteiger partial charge in [-0.05, 0) is 37.7 Å². The van der Waals surface area contributed by atoms with Crippen molar-refractivity contribution in [3.05, 3.63) is 22.8 Å². The smallest absolute Gasteiger partial charge is 0.255 e. The maximum Gasteiger partial charge on any atom is 0.255 e. The third-order valence-corrected chi connectivity index (χ3v) is 5.12. The van der Waals surface area contributed by atoms with E-state index < -0.39 is 0 Å². The zero-order valence-corrected chi connectivity index (χ0v) is 13.2. The van der Waals surface area contributed by atoms with E-state index in [2.05, 4.69) is 15.2 Å². The normalized spacial score (nSPS) is 22.8. The maximum absolute atomic E-state index is 12.8. The number of carbonyl (C=O) groups is 1. The van der Waals surface area contributed by atoms with Gasteiger partial charge in [-0.2, -0.15) is 0 Å². The second-order valence-corrected chi connectivity index (χ2v) is 6.46. The number of carbonyl (C=O) groups excluding carboxylic acids is 1. The minimum absolute atomic E-state index is 0.0847. The Labute approximate surface area is 130 Å². The minimum Gasteiger partial charge on any atom is -0.372 e. The highest BCUT2D eigenvalue weighted by molar-refractivity contribution is 6.33. The van der Waals surface area contributed by atoms with Crippen LogP contribution in [0.25, 0.3) is 0 Å². The molecule has 1 amide bonds. The molecular weight excluding hydrogens is 286 g/mol. The van der Waals surface area contributed by atoms with E-state index in [-0.39, 0.29) is 5.91 Å². The first-order valence-corrected chi connectivity index (χ1v) is 8.23. The number of hydrogen-bond acceptors (Lipinski definition) is 3. The molecule has 1 unspecified atom stereocenters. The fourth-order valence-electron chi connectivity index (χ4n) is 3.78. The molecule has 1 saturated heterocycles. The first kappa shape index (κ1) is 14.6. The zero-order chi connectivity index (χ0) is 14.8. The van der Waals surface area contributed by atoms with Gasteiger partial charge in [0.25, 0.3) is 5.91 Å². The summed E-state index contributed by atoms with van der Waals surface area (Å²) < 4.78 is 0. The standard InChI is InChI=1S/C16H22ClN3O/c1-18-15-13(17)9-12(10-19-15)16(21)20-8-4-7-14(20)11-5-2-3-6-11/h9-11,14H,2-8H2,1H3,(H,18,19). The van der Waals surface area contributed by atoms with E-state index in [4.69, 9.17) is 11.6 Å². The minimum atomic E-state index is 0.0847. The van der Waals surface area contributed by atoms with Gasteiger partial charge in [-0.25, -0.2) is 4.98 Å². The predicted octanol–water partition coefficient (Wildman–Crippen LogP) is 3.57. The number of nitrogens with zero attached hydrogens (tertiary/aromatic N) is 2. The van der Waals surface area contributed by atoms with Gasteiger partial charge < -0.3 is 10.2 Å². The fourth-order valence-corrected chi connectivity index (χ4v) is 4.04. The third-order valence-electron chi connectivity index (χ3n) is 4.83. The van der Waals surface area contributed by atoms with Crippen LogP contribution in [0.5, 0.6) is 0 Å². The summed E-state index contributed by atoms with van der Waals surface area (Å²) >= 11 is 6.15. The van der Waals surface area contributed by atoms with Crippen LogP contribution in [0.2, 0.25) is 5.02 Å². The van der Waals surface area contributed by atoms with Crippen molar-refractivity contribution in [3.63, 3.8) is 0 Å². The molecule has 0 bridgehead atoms. The molecule has 4 nitrogen and oxygen atoms in total. The van der Waals surface area contributed by atoms with Crippen molar-refractivity contribution in [2.45, 2.75) is 44.6 Å². The van der Waals surface area contributed by atoms with E-state index in [1.54, 1.807) is 19.3 Å². The van der Waals surface area contributed by atoms with Crippen LogP contribution in [0.1, 0.15) is 48.9 Å². The second kappa shape index (κ2) is 6.22. The fraction of sp³-hybridized carbons (Fsp3) is 0.625. The molecule has 2 heterocycles. The summed E-state index contributed by atoms with van der Waals surface area (Å²) in [5, 5.41) is 3.42. The molecule has 0 radical (unpaired) electrons. The summed E-state index contributed by atoms with van der Waals surface area (Å²) in [6.45, 7) is 0.866. The van der Waals surface area contributed by atoms with E-state index in [1.807, 2.05) is 0 Å². The van der Waals surface area contributed by atoms with Crippen LogP contribution >= 0.6 is 11.6 Å². The van der Waals surface area contributed by atoms with Crippen molar-refractivity contribution >= 4 is 23.3 Å². The Bertz CT molecular complexity index is 528. The molecule has 2 fully saturated rings. The van der Waals surface area contributed by atoms with Crippen LogP contribution in [-0.2, 0) is 0 Å². The van der Waals surface area contributed by atoms with Gasteiger partial charge in [-0.15, -0.1) is 0 Å². The van der Waals surface area contributed by atoms with Gasteiger partial charge in [0.1, 0.15) is 5.82 Å². The number of aromatic nitrogens is 1. The summed E-state index contributed by atoms with van der Waals surface area (Å²) in [4.78, 5) is 19.1. The molecule has 1 N–H and O–H groups in total. The van der Waals surface area contributed by atoms with Gasteiger partial charge in [0.15, 0.2) is 0 Å². The molecule has 2 aliphatic rings. The van der Waals surface area contributed by atoms with E-state index in [9.17, 15) is 4.79 Å². The zero-order valence-electron chi connectivity index (χ0n) is 12.4. The van der Waals surface area contributed by atoms with Crippen LogP contribution in [0, 0.1) is 5.92 Å². The Morgan fingerprint density at radius 3 is 2.76 bits per heavy atom. The summed E-state index contributed by atoms with van der Waals surface area (Å²) in [6.07, 6.45) is 9.05. The van der Waals surface area contributed by atoms with E-state index >= 15 is 0 Å². The Kier molecular flexibility index (Phi) is 4.34. The van der Waals surface area contributed by atoms with Gasteiger partial charge in [0.2, 0.25) is 0 Å². The van der Waals surface area contributed by atoms with Crippen molar-refractivity contribution in [2.75, 3.05) is 18.9 Å². The highest BCUT2D eigenvalue weighted by Gasteiger charge is 2.36. The number of hydrogen-bond donors (Lipinski definition) is 1. The third kappa shape index (κ3) is 2.86. The topological polar surface area (TPSA) is 45.2 Å². The average molecular weight is 308 g/mol. The molecule has 0 aromatic carbocycles. The molecular formula is C16H22ClN3O. The van der Waals surface area contributed by atoms with Gasteiger partial charge >= 0.3 is 0 Å². The first-order chi connectivity index (χ1) is 10.2. The van der Waals surface area contributed by atoms with Gasteiger partial charge in [-0.3, -0.25) is 4.79 Å². The highest BCUT2D eigenvalue weighted by atomic mass is 35.5. The number of anilines is 1.